The molecule has 1 heterocycles. The van der Waals surface area contributed by atoms with Crippen molar-refractivity contribution in [3.8, 4) is 6.07 Å². The van der Waals surface area contributed by atoms with Gasteiger partial charge in [-0.05, 0) is 31.5 Å². The summed E-state index contributed by atoms with van der Waals surface area (Å²) in [5.41, 5.74) is 1.00. The van der Waals surface area contributed by atoms with E-state index in [1.807, 2.05) is 13.8 Å². The van der Waals surface area contributed by atoms with Gasteiger partial charge in [0.25, 0.3) is 5.91 Å². The molecule has 0 saturated carbocycles. The summed E-state index contributed by atoms with van der Waals surface area (Å²) < 4.78 is 0.805. The lowest BCUT2D eigenvalue weighted by Crippen LogP contribution is -2.40. The van der Waals surface area contributed by atoms with Gasteiger partial charge in [-0.2, -0.15) is 5.26 Å². The van der Waals surface area contributed by atoms with Gasteiger partial charge >= 0.3 is 0 Å². The first kappa shape index (κ1) is 15.5. The zero-order valence-electron chi connectivity index (χ0n) is 11.9. The smallest absolute Gasteiger partial charge is 0.252 e. The van der Waals surface area contributed by atoms with Crippen LogP contribution in [-0.2, 0) is 9.59 Å². The third-order valence-corrected chi connectivity index (χ3v) is 4.14. The van der Waals surface area contributed by atoms with Gasteiger partial charge in [-0.25, -0.2) is 0 Å². The average molecular weight is 350 g/mol. The number of anilines is 1. The lowest BCUT2D eigenvalue weighted by atomic mass is 10.1. The van der Waals surface area contributed by atoms with Gasteiger partial charge < -0.3 is 5.32 Å². The molecule has 6 heteroatoms. The first-order valence-corrected chi connectivity index (χ1v) is 7.59. The number of benzene rings is 1. The number of halogens is 1. The van der Waals surface area contributed by atoms with E-state index in [4.69, 9.17) is 5.26 Å². The molecule has 2 atom stereocenters. The minimum absolute atomic E-state index is 0.102. The van der Waals surface area contributed by atoms with Crippen LogP contribution in [0.5, 0.6) is 0 Å². The molecule has 2 unspecified atom stereocenters. The van der Waals surface area contributed by atoms with Crippen LogP contribution < -0.4 is 5.32 Å². The number of hydrogen-bond donors (Lipinski definition) is 1. The Morgan fingerprint density at radius 2 is 2.24 bits per heavy atom. The maximum Gasteiger partial charge on any atom is 0.252 e. The Morgan fingerprint density at radius 3 is 2.86 bits per heavy atom. The lowest BCUT2D eigenvalue weighted by molar-refractivity contribution is -0.140. The molecule has 0 aliphatic carbocycles. The van der Waals surface area contributed by atoms with Crippen LogP contribution in [0.2, 0.25) is 0 Å². The van der Waals surface area contributed by atoms with Crippen molar-refractivity contribution in [1.82, 2.24) is 4.90 Å². The van der Waals surface area contributed by atoms with Gasteiger partial charge in [0, 0.05) is 10.5 Å². The van der Waals surface area contributed by atoms with Crippen LogP contribution in [0.3, 0.4) is 0 Å². The van der Waals surface area contributed by atoms with E-state index >= 15 is 0 Å². The molecule has 1 aromatic rings. The van der Waals surface area contributed by atoms with Crippen LogP contribution in [0.4, 0.5) is 5.69 Å². The first-order valence-electron chi connectivity index (χ1n) is 6.80. The maximum absolute atomic E-state index is 12.4. The van der Waals surface area contributed by atoms with Crippen molar-refractivity contribution < 1.29 is 9.59 Å². The molecule has 1 aromatic carbocycles. The summed E-state index contributed by atoms with van der Waals surface area (Å²) >= 11 is 3.34. The molecule has 1 N–H and O–H groups in total. The van der Waals surface area contributed by atoms with Gasteiger partial charge in [-0.15, -0.1) is 0 Å². The maximum atomic E-state index is 12.4. The molecule has 0 bridgehead atoms. The SMILES string of the molecule is CCC(C)N1C(=O)CC(Nc2cc(Br)ccc2C#N)C1=O. The average Bonchev–Trinajstić information content (AvgIpc) is 2.73. The number of amides is 2. The summed E-state index contributed by atoms with van der Waals surface area (Å²) in [6.07, 6.45) is 0.852. The normalized spacial score (nSPS) is 19.5. The monoisotopic (exact) mass is 349 g/mol. The van der Waals surface area contributed by atoms with E-state index in [9.17, 15) is 9.59 Å². The van der Waals surface area contributed by atoms with Crippen LogP contribution >= 0.6 is 15.9 Å². The van der Waals surface area contributed by atoms with Crippen LogP contribution in [-0.4, -0.2) is 28.8 Å². The highest BCUT2D eigenvalue weighted by Gasteiger charge is 2.40. The van der Waals surface area contributed by atoms with Gasteiger partial charge in [-0.3, -0.25) is 14.5 Å². The molecule has 110 valence electrons. The van der Waals surface area contributed by atoms with Crippen molar-refractivity contribution in [2.24, 2.45) is 0 Å². The summed E-state index contributed by atoms with van der Waals surface area (Å²) in [5.74, 6) is -0.390. The molecule has 0 spiro atoms. The number of nitrogens with one attached hydrogen (secondary N) is 1. The first-order chi connectivity index (χ1) is 9.97. The number of hydrogen-bond acceptors (Lipinski definition) is 4. The fourth-order valence-corrected chi connectivity index (χ4v) is 2.69. The molecule has 1 saturated heterocycles. The van der Waals surface area contributed by atoms with Gasteiger partial charge in [0.15, 0.2) is 0 Å². The van der Waals surface area contributed by atoms with E-state index in [1.165, 1.54) is 4.90 Å². The van der Waals surface area contributed by atoms with Crippen molar-refractivity contribution in [3.05, 3.63) is 28.2 Å². The van der Waals surface area contributed by atoms with Gasteiger partial charge in [-0.1, -0.05) is 22.9 Å². The lowest BCUT2D eigenvalue weighted by Gasteiger charge is -2.22. The van der Waals surface area contributed by atoms with Crippen LogP contribution in [0.25, 0.3) is 0 Å². The van der Waals surface area contributed by atoms with Crippen molar-refractivity contribution >= 4 is 33.4 Å². The molecule has 5 nitrogen and oxygen atoms in total. The van der Waals surface area contributed by atoms with E-state index in [-0.39, 0.29) is 24.3 Å². The fraction of sp³-hybridized carbons (Fsp3) is 0.400. The highest BCUT2D eigenvalue weighted by Crippen LogP contribution is 2.25. The molecular weight excluding hydrogens is 334 g/mol. The third-order valence-electron chi connectivity index (χ3n) is 3.65. The predicted molar refractivity (Wildman–Crippen MR) is 82.5 cm³/mol. The highest BCUT2D eigenvalue weighted by molar-refractivity contribution is 9.10. The molecule has 0 aromatic heterocycles. The van der Waals surface area contributed by atoms with Crippen molar-refractivity contribution in [1.29, 1.82) is 5.26 Å². The Balaban J connectivity index is 2.22. The van der Waals surface area contributed by atoms with Gasteiger partial charge in [0.05, 0.1) is 17.7 Å². The Hall–Kier alpha value is -1.87. The molecule has 21 heavy (non-hydrogen) atoms. The molecule has 1 fully saturated rings. The van der Waals surface area contributed by atoms with Crippen molar-refractivity contribution in [2.75, 3.05) is 5.32 Å². The second kappa shape index (κ2) is 6.27. The second-order valence-corrected chi connectivity index (χ2v) is 5.98. The van der Waals surface area contributed by atoms with E-state index < -0.39 is 6.04 Å². The zero-order valence-corrected chi connectivity index (χ0v) is 13.5. The zero-order chi connectivity index (χ0) is 15.6. The third kappa shape index (κ3) is 3.08. The minimum Gasteiger partial charge on any atom is -0.372 e. The van der Waals surface area contributed by atoms with Crippen LogP contribution in [0.15, 0.2) is 22.7 Å². The molecule has 0 radical (unpaired) electrons. The number of carbonyl (C=O) groups is 2. The van der Waals surface area contributed by atoms with E-state index in [2.05, 4.69) is 27.3 Å². The van der Waals surface area contributed by atoms with E-state index in [1.54, 1.807) is 18.2 Å². The summed E-state index contributed by atoms with van der Waals surface area (Å²) in [4.78, 5) is 25.7. The Bertz CT molecular complexity index is 624. The quantitative estimate of drug-likeness (QED) is 0.848. The Morgan fingerprint density at radius 1 is 1.52 bits per heavy atom. The molecular formula is C15H16BrN3O2. The number of carbonyl (C=O) groups excluding carboxylic acids is 2. The van der Waals surface area contributed by atoms with Crippen molar-refractivity contribution in [3.63, 3.8) is 0 Å². The number of nitrogens with zero attached hydrogens (tertiary/aromatic N) is 2. The standard InChI is InChI=1S/C15H16BrN3O2/c1-3-9(2)19-14(20)7-13(15(19)21)18-12-6-11(16)5-4-10(12)8-17/h4-6,9,13,18H,3,7H2,1-2H3. The van der Waals surface area contributed by atoms with E-state index in [0.29, 0.717) is 11.3 Å². The van der Waals surface area contributed by atoms with Gasteiger partial charge in [0.2, 0.25) is 5.91 Å². The highest BCUT2D eigenvalue weighted by atomic mass is 79.9. The summed E-state index contributed by atoms with van der Waals surface area (Å²) in [6.45, 7) is 3.80. The largest absolute Gasteiger partial charge is 0.372 e. The second-order valence-electron chi connectivity index (χ2n) is 5.06. The fourth-order valence-electron chi connectivity index (χ4n) is 2.33. The van der Waals surface area contributed by atoms with Crippen LogP contribution in [0.1, 0.15) is 32.3 Å². The Kier molecular flexibility index (Phi) is 4.63. The number of nitriles is 1. The van der Waals surface area contributed by atoms with Crippen molar-refractivity contribution in [2.45, 2.75) is 38.8 Å². The Labute approximate surface area is 132 Å². The minimum atomic E-state index is -0.604. The molecule has 2 amide bonds. The molecule has 1 aliphatic heterocycles. The summed E-state index contributed by atoms with van der Waals surface area (Å²) in [5, 5.41) is 12.1. The number of likely N-dealkylation sites (tertiary alicyclic amines) is 1. The number of imide groups is 1. The van der Waals surface area contributed by atoms with E-state index in [0.717, 1.165) is 10.9 Å². The molecule has 1 aliphatic rings. The van der Waals surface area contributed by atoms with Gasteiger partial charge in [0.1, 0.15) is 12.1 Å². The predicted octanol–water partition coefficient (Wildman–Crippen LogP) is 2.66. The summed E-state index contributed by atoms with van der Waals surface area (Å²) in [6, 6.07) is 6.53. The topological polar surface area (TPSA) is 73.2 Å². The number of rotatable bonds is 4. The summed E-state index contributed by atoms with van der Waals surface area (Å²) in [7, 11) is 0. The molecule has 2 rings (SSSR count). The van der Waals surface area contributed by atoms with Crippen LogP contribution in [0, 0.1) is 11.3 Å².